The lowest BCUT2D eigenvalue weighted by Crippen LogP contribution is -2.22. The number of hydrogen-bond donors (Lipinski definition) is 2. The van der Waals surface area contributed by atoms with Crippen molar-refractivity contribution in [1.82, 2.24) is 10.6 Å². The van der Waals surface area contributed by atoms with E-state index in [4.69, 9.17) is 0 Å². The Morgan fingerprint density at radius 1 is 0.889 bits per heavy atom. The molecule has 0 aromatic rings. The molecule has 0 rings (SSSR count). The van der Waals surface area contributed by atoms with Crippen molar-refractivity contribution in [1.29, 1.82) is 0 Å². The van der Waals surface area contributed by atoms with Gasteiger partial charge >= 0.3 is 0 Å². The minimum atomic E-state index is 0.156. The molecule has 0 bridgehead atoms. The molecular weight excluding hydrogens is 228 g/mol. The van der Waals surface area contributed by atoms with Gasteiger partial charge in [0.2, 0.25) is 11.8 Å². The third-order valence-electron chi connectivity index (χ3n) is 2.46. The second-order valence-corrected chi connectivity index (χ2v) is 4.19. The van der Waals surface area contributed by atoms with Crippen LogP contribution in [-0.4, -0.2) is 25.4 Å². The topological polar surface area (TPSA) is 58.2 Å². The minimum absolute atomic E-state index is 0.156. The van der Waals surface area contributed by atoms with Gasteiger partial charge in [-0.25, -0.2) is 0 Å². The van der Waals surface area contributed by atoms with Gasteiger partial charge in [-0.2, -0.15) is 0 Å². The highest BCUT2D eigenvalue weighted by molar-refractivity contribution is 5.75. The van der Waals surface area contributed by atoms with Crippen LogP contribution in [0.25, 0.3) is 0 Å². The molecule has 0 saturated heterocycles. The quantitative estimate of drug-likeness (QED) is 0.658. The molecule has 0 spiro atoms. The minimum Gasteiger partial charge on any atom is -0.359 e. The van der Waals surface area contributed by atoms with Gasteiger partial charge in [0.25, 0.3) is 0 Å². The molecule has 18 heavy (non-hydrogen) atoms. The summed E-state index contributed by atoms with van der Waals surface area (Å²) in [5.74, 6) is 0.312. The number of unbranched alkanes of at least 4 members (excludes halogenated alkanes) is 3. The Hall–Kier alpha value is -1.06. The number of carbonyl (C=O) groups is 2. The number of carbonyl (C=O) groups excluding carboxylic acids is 2. The summed E-state index contributed by atoms with van der Waals surface area (Å²) in [6, 6.07) is 0. The Labute approximate surface area is 112 Å². The molecule has 0 aromatic heterocycles. The monoisotopic (exact) mass is 258 g/mol. The Bertz CT molecular complexity index is 184. The maximum absolute atomic E-state index is 10.6. The molecule has 4 nitrogen and oxygen atoms in total. The van der Waals surface area contributed by atoms with Gasteiger partial charge in [-0.3, -0.25) is 9.59 Å². The molecule has 4 heteroatoms. The zero-order valence-electron chi connectivity index (χ0n) is 12.5. The van der Waals surface area contributed by atoms with Crippen molar-refractivity contribution in [3.05, 3.63) is 0 Å². The van der Waals surface area contributed by atoms with Crippen molar-refractivity contribution in [3.8, 4) is 0 Å². The first-order valence-corrected chi connectivity index (χ1v) is 7.09. The van der Waals surface area contributed by atoms with Crippen LogP contribution in [0.1, 0.15) is 65.7 Å². The number of amides is 2. The van der Waals surface area contributed by atoms with Gasteiger partial charge < -0.3 is 10.6 Å². The predicted octanol–water partition coefficient (Wildman–Crippen LogP) is 2.63. The van der Waals surface area contributed by atoms with Crippen LogP contribution in [0.3, 0.4) is 0 Å². The Kier molecular flexibility index (Phi) is 17.1. The van der Waals surface area contributed by atoms with Gasteiger partial charge in [0.15, 0.2) is 0 Å². The zero-order chi connectivity index (χ0) is 14.2. The van der Waals surface area contributed by atoms with Gasteiger partial charge in [-0.1, -0.05) is 40.0 Å². The van der Waals surface area contributed by atoms with Crippen LogP contribution in [0.4, 0.5) is 0 Å². The molecule has 0 heterocycles. The van der Waals surface area contributed by atoms with E-state index in [2.05, 4.69) is 24.5 Å². The largest absolute Gasteiger partial charge is 0.359 e. The van der Waals surface area contributed by atoms with E-state index in [9.17, 15) is 9.59 Å². The maximum atomic E-state index is 10.6. The van der Waals surface area contributed by atoms with Crippen LogP contribution in [0.15, 0.2) is 0 Å². The second kappa shape index (κ2) is 15.9. The summed E-state index contributed by atoms with van der Waals surface area (Å²) in [5.41, 5.74) is 0. The molecular formula is C14H30N2O2. The normalized spacial score (nSPS) is 9.11. The second-order valence-electron chi connectivity index (χ2n) is 4.19. The Morgan fingerprint density at radius 3 is 1.94 bits per heavy atom. The summed E-state index contributed by atoms with van der Waals surface area (Å²) < 4.78 is 0. The van der Waals surface area contributed by atoms with Gasteiger partial charge in [0, 0.05) is 26.4 Å². The molecule has 0 fully saturated rings. The Morgan fingerprint density at radius 2 is 1.50 bits per heavy atom. The van der Waals surface area contributed by atoms with Crippen LogP contribution in [0, 0.1) is 0 Å². The van der Waals surface area contributed by atoms with Gasteiger partial charge in [0.1, 0.15) is 0 Å². The van der Waals surface area contributed by atoms with E-state index in [1.807, 2.05) is 6.92 Å². The van der Waals surface area contributed by atoms with Crippen molar-refractivity contribution < 1.29 is 9.59 Å². The van der Waals surface area contributed by atoms with E-state index in [0.29, 0.717) is 12.8 Å². The third kappa shape index (κ3) is 17.3. The summed E-state index contributed by atoms with van der Waals surface area (Å²) in [4.78, 5) is 21.2. The van der Waals surface area contributed by atoms with Crippen LogP contribution < -0.4 is 10.6 Å². The van der Waals surface area contributed by atoms with Crippen LogP contribution in [0.2, 0.25) is 0 Å². The molecule has 0 aromatic carbocycles. The summed E-state index contributed by atoms with van der Waals surface area (Å²) >= 11 is 0. The standard InChI is InChI=1S/2C7H15NO/c1-3-4-5-6-7(9)8-2;1-3-5-6-8-7(9)4-2/h2*3-6H2,1-2H3,(H,8,9). The lowest BCUT2D eigenvalue weighted by molar-refractivity contribution is -0.121. The van der Waals surface area contributed by atoms with Gasteiger partial charge in [-0.05, 0) is 12.8 Å². The molecule has 2 N–H and O–H groups in total. The molecule has 0 unspecified atom stereocenters. The summed E-state index contributed by atoms with van der Waals surface area (Å²) in [6.45, 7) is 6.94. The van der Waals surface area contributed by atoms with E-state index in [-0.39, 0.29) is 11.8 Å². The summed E-state index contributed by atoms with van der Waals surface area (Å²) in [5, 5.41) is 5.38. The number of hydrogen-bond acceptors (Lipinski definition) is 2. The first kappa shape index (κ1) is 19.3. The third-order valence-corrected chi connectivity index (χ3v) is 2.46. The number of nitrogens with one attached hydrogen (secondary N) is 2. The Balaban J connectivity index is 0. The van der Waals surface area contributed by atoms with Crippen molar-refractivity contribution in [2.75, 3.05) is 13.6 Å². The fourth-order valence-electron chi connectivity index (χ4n) is 1.19. The summed E-state index contributed by atoms with van der Waals surface area (Å²) in [6.07, 6.45) is 6.88. The average molecular weight is 258 g/mol. The fourth-order valence-corrected chi connectivity index (χ4v) is 1.19. The lowest BCUT2D eigenvalue weighted by atomic mass is 10.2. The van der Waals surface area contributed by atoms with E-state index >= 15 is 0 Å². The molecule has 0 aliphatic heterocycles. The molecule has 2 amide bonds. The first-order chi connectivity index (χ1) is 8.62. The number of rotatable bonds is 8. The lowest BCUT2D eigenvalue weighted by Gasteiger charge is -1.99. The van der Waals surface area contributed by atoms with E-state index in [1.165, 1.54) is 6.42 Å². The zero-order valence-corrected chi connectivity index (χ0v) is 12.5. The molecule has 0 saturated carbocycles. The molecule has 0 radical (unpaired) electrons. The first-order valence-electron chi connectivity index (χ1n) is 7.09. The fraction of sp³-hybridized carbons (Fsp3) is 0.857. The highest BCUT2D eigenvalue weighted by Gasteiger charge is 1.94. The van der Waals surface area contributed by atoms with E-state index in [0.717, 1.165) is 32.2 Å². The highest BCUT2D eigenvalue weighted by atomic mass is 16.2. The molecule has 0 aliphatic rings. The SMILES string of the molecule is CCCCCC(=O)NC.CCCCNC(=O)CC. The van der Waals surface area contributed by atoms with Gasteiger partial charge in [0.05, 0.1) is 0 Å². The van der Waals surface area contributed by atoms with Crippen molar-refractivity contribution >= 4 is 11.8 Å². The molecule has 0 aliphatic carbocycles. The van der Waals surface area contributed by atoms with E-state index in [1.54, 1.807) is 7.05 Å². The van der Waals surface area contributed by atoms with E-state index < -0.39 is 0 Å². The molecule has 0 atom stereocenters. The summed E-state index contributed by atoms with van der Waals surface area (Å²) in [7, 11) is 1.67. The van der Waals surface area contributed by atoms with Gasteiger partial charge in [-0.15, -0.1) is 0 Å². The van der Waals surface area contributed by atoms with Crippen LogP contribution >= 0.6 is 0 Å². The molecule has 108 valence electrons. The predicted molar refractivity (Wildman–Crippen MR) is 76.4 cm³/mol. The highest BCUT2D eigenvalue weighted by Crippen LogP contribution is 1.97. The van der Waals surface area contributed by atoms with Crippen LogP contribution in [-0.2, 0) is 9.59 Å². The smallest absolute Gasteiger partial charge is 0.219 e. The van der Waals surface area contributed by atoms with Crippen molar-refractivity contribution in [2.24, 2.45) is 0 Å². The van der Waals surface area contributed by atoms with Crippen molar-refractivity contribution in [3.63, 3.8) is 0 Å². The maximum Gasteiger partial charge on any atom is 0.219 e. The van der Waals surface area contributed by atoms with Crippen molar-refractivity contribution in [2.45, 2.75) is 65.7 Å². The van der Waals surface area contributed by atoms with Crippen LogP contribution in [0.5, 0.6) is 0 Å². The average Bonchev–Trinajstić information content (AvgIpc) is 2.39.